The molecule has 0 fully saturated rings. The van der Waals surface area contributed by atoms with Gasteiger partial charge in [0.05, 0.1) is 19.8 Å². The van der Waals surface area contributed by atoms with Crippen LogP contribution >= 0.6 is 7.82 Å². The van der Waals surface area contributed by atoms with Crippen molar-refractivity contribution in [2.24, 2.45) is 0 Å². The van der Waals surface area contributed by atoms with E-state index in [1.54, 1.807) is 0 Å². The average molecular weight is 819 g/mol. The first kappa shape index (κ1) is 53.9. The molecule has 0 aromatic carbocycles. The summed E-state index contributed by atoms with van der Waals surface area (Å²) in [4.78, 5) is 35.0. The van der Waals surface area contributed by atoms with E-state index in [1.165, 1.54) is 0 Å². The van der Waals surface area contributed by atoms with Crippen molar-refractivity contribution >= 4 is 19.8 Å². The topological polar surface area (TPSA) is 149 Å². The summed E-state index contributed by atoms with van der Waals surface area (Å²) in [5, 5.41) is 18.3. The Kier molecular flexibility index (Phi) is 38.8. The van der Waals surface area contributed by atoms with Gasteiger partial charge in [0.2, 0.25) is 0 Å². The standard InChI is InChI=1S/C46H75O10P/c1-3-5-7-9-11-13-15-17-19-20-21-22-24-25-27-29-31-33-35-37-45(49)53-41-44(42-55-57(51,52)54-40-43(48)39-47)56-46(50)38-36-34-32-30-28-26-23-18-16-14-12-10-8-6-4-2/h5-8,11-14,17-19,21-23,25,27,43-44,47-48H,3-4,9-10,15-16,20,24,26,28-42H2,1-2H3,(H,51,52)/b7-5+,8-6+,13-11+,14-12+,19-17+,22-21+,23-18+,27-25+/t43-,44+/m0/s1. The van der Waals surface area contributed by atoms with Gasteiger partial charge in [-0.2, -0.15) is 0 Å². The van der Waals surface area contributed by atoms with Gasteiger partial charge in [0.25, 0.3) is 0 Å². The Morgan fingerprint density at radius 1 is 0.526 bits per heavy atom. The number of aliphatic hydroxyl groups excluding tert-OH is 2. The summed E-state index contributed by atoms with van der Waals surface area (Å²) in [6.07, 6.45) is 49.4. The molecule has 0 amide bonds. The van der Waals surface area contributed by atoms with E-state index < -0.39 is 51.8 Å². The van der Waals surface area contributed by atoms with E-state index in [0.29, 0.717) is 12.8 Å². The van der Waals surface area contributed by atoms with Gasteiger partial charge in [-0.15, -0.1) is 0 Å². The molecule has 0 aliphatic rings. The smallest absolute Gasteiger partial charge is 0.462 e. The Labute approximate surface area is 344 Å². The maximum atomic E-state index is 12.6. The molecule has 324 valence electrons. The van der Waals surface area contributed by atoms with Crippen molar-refractivity contribution in [1.29, 1.82) is 0 Å². The summed E-state index contributed by atoms with van der Waals surface area (Å²) in [7, 11) is -4.64. The van der Waals surface area contributed by atoms with Crippen molar-refractivity contribution in [3.63, 3.8) is 0 Å². The Morgan fingerprint density at radius 2 is 0.912 bits per heavy atom. The van der Waals surface area contributed by atoms with Gasteiger partial charge in [0.1, 0.15) is 12.7 Å². The van der Waals surface area contributed by atoms with Gasteiger partial charge < -0.3 is 24.6 Å². The van der Waals surface area contributed by atoms with Crippen LogP contribution in [0.4, 0.5) is 0 Å². The predicted molar refractivity (Wildman–Crippen MR) is 232 cm³/mol. The maximum Gasteiger partial charge on any atom is 0.472 e. The van der Waals surface area contributed by atoms with Crippen LogP contribution in [0.15, 0.2) is 97.2 Å². The van der Waals surface area contributed by atoms with Crippen LogP contribution in [-0.2, 0) is 32.7 Å². The maximum absolute atomic E-state index is 12.6. The number of hydrogen-bond donors (Lipinski definition) is 3. The second-order valence-electron chi connectivity index (χ2n) is 13.6. The number of rotatable bonds is 38. The van der Waals surface area contributed by atoms with Crippen LogP contribution in [0.2, 0.25) is 0 Å². The Balaban J connectivity index is 4.42. The number of unbranched alkanes of at least 4 members (excludes halogenated alkanes) is 8. The van der Waals surface area contributed by atoms with Gasteiger partial charge in [-0.3, -0.25) is 18.6 Å². The summed E-state index contributed by atoms with van der Waals surface area (Å²) >= 11 is 0. The second kappa shape index (κ2) is 41.1. The van der Waals surface area contributed by atoms with E-state index in [4.69, 9.17) is 19.1 Å². The molecule has 0 spiro atoms. The molecule has 0 saturated heterocycles. The van der Waals surface area contributed by atoms with E-state index in [-0.39, 0.29) is 19.4 Å². The fourth-order valence-corrected chi connectivity index (χ4v) is 5.82. The van der Waals surface area contributed by atoms with Crippen LogP contribution in [0.5, 0.6) is 0 Å². The number of carbonyl (C=O) groups excluding carboxylic acids is 2. The highest BCUT2D eigenvalue weighted by atomic mass is 31.2. The molecular weight excluding hydrogens is 743 g/mol. The van der Waals surface area contributed by atoms with Crippen molar-refractivity contribution in [3.05, 3.63) is 97.2 Å². The number of carbonyl (C=O) groups is 2. The van der Waals surface area contributed by atoms with Crippen LogP contribution in [0.1, 0.15) is 142 Å². The van der Waals surface area contributed by atoms with E-state index in [2.05, 4.69) is 116 Å². The summed E-state index contributed by atoms with van der Waals surface area (Å²) in [6, 6.07) is 0. The van der Waals surface area contributed by atoms with E-state index in [0.717, 1.165) is 103 Å². The van der Waals surface area contributed by atoms with Crippen LogP contribution in [0.25, 0.3) is 0 Å². The zero-order valence-electron chi connectivity index (χ0n) is 35.0. The largest absolute Gasteiger partial charge is 0.472 e. The van der Waals surface area contributed by atoms with Crippen LogP contribution in [0, 0.1) is 0 Å². The Bertz CT molecular complexity index is 1260. The zero-order chi connectivity index (χ0) is 41.9. The minimum Gasteiger partial charge on any atom is -0.462 e. The van der Waals surface area contributed by atoms with Gasteiger partial charge in [-0.25, -0.2) is 4.57 Å². The van der Waals surface area contributed by atoms with Crippen molar-refractivity contribution < 1.29 is 47.8 Å². The first-order valence-corrected chi connectivity index (χ1v) is 22.7. The number of esters is 2. The summed E-state index contributed by atoms with van der Waals surface area (Å²) in [5.74, 6) is -0.994. The zero-order valence-corrected chi connectivity index (χ0v) is 35.9. The highest BCUT2D eigenvalue weighted by Gasteiger charge is 2.27. The molecule has 3 atom stereocenters. The molecule has 1 unspecified atom stereocenters. The highest BCUT2D eigenvalue weighted by Crippen LogP contribution is 2.43. The molecule has 10 nitrogen and oxygen atoms in total. The molecule has 0 saturated carbocycles. The quantitative estimate of drug-likeness (QED) is 0.0238. The predicted octanol–water partition coefficient (Wildman–Crippen LogP) is 11.2. The molecule has 0 radical (unpaired) electrons. The summed E-state index contributed by atoms with van der Waals surface area (Å²) in [6.45, 7) is 2.07. The second-order valence-corrected chi connectivity index (χ2v) is 15.1. The molecule has 0 rings (SSSR count). The first-order valence-electron chi connectivity index (χ1n) is 21.2. The third-order valence-electron chi connectivity index (χ3n) is 8.23. The Hall–Kier alpha value is -3.11. The molecule has 0 heterocycles. The number of ether oxygens (including phenoxy) is 2. The average Bonchev–Trinajstić information content (AvgIpc) is 3.20. The van der Waals surface area contributed by atoms with Gasteiger partial charge in [0.15, 0.2) is 6.10 Å². The van der Waals surface area contributed by atoms with Crippen molar-refractivity contribution in [1.82, 2.24) is 0 Å². The van der Waals surface area contributed by atoms with Gasteiger partial charge in [-0.1, -0.05) is 137 Å². The lowest BCUT2D eigenvalue weighted by Gasteiger charge is -2.20. The summed E-state index contributed by atoms with van der Waals surface area (Å²) in [5.41, 5.74) is 0. The molecule has 0 aliphatic heterocycles. The van der Waals surface area contributed by atoms with Gasteiger partial charge in [-0.05, 0) is 89.9 Å². The normalized spacial score (nSPS) is 14.8. The van der Waals surface area contributed by atoms with Gasteiger partial charge >= 0.3 is 19.8 Å². The first-order chi connectivity index (χ1) is 27.7. The number of allylic oxidation sites excluding steroid dienone is 16. The molecule has 0 aromatic heterocycles. The third kappa shape index (κ3) is 40.9. The van der Waals surface area contributed by atoms with Crippen LogP contribution in [-0.4, -0.2) is 65.7 Å². The molecule has 3 N–H and O–H groups in total. The number of hydrogen-bond acceptors (Lipinski definition) is 9. The molecule has 0 bridgehead atoms. The number of phosphoric acid groups is 1. The fraction of sp³-hybridized carbons (Fsp3) is 0.609. The van der Waals surface area contributed by atoms with E-state index in [9.17, 15) is 24.2 Å². The fourth-order valence-electron chi connectivity index (χ4n) is 5.03. The van der Waals surface area contributed by atoms with Crippen molar-refractivity contribution in [2.75, 3.05) is 26.4 Å². The molecule has 0 aliphatic carbocycles. The molecule has 0 aromatic rings. The minimum atomic E-state index is -4.64. The third-order valence-corrected chi connectivity index (χ3v) is 9.18. The van der Waals surface area contributed by atoms with Crippen molar-refractivity contribution in [2.45, 2.75) is 154 Å². The SMILES string of the molecule is CC/C=C/C/C=C/C/C=C/C/C=C/C/C=C/CCCCCC(=O)OC[C@H](COP(=O)(O)OC[C@@H](O)CO)OC(=O)CCCCCCC/C=C/C/C=C/C/C=C/CC. The van der Waals surface area contributed by atoms with Crippen molar-refractivity contribution in [3.8, 4) is 0 Å². The Morgan fingerprint density at radius 3 is 1.39 bits per heavy atom. The van der Waals surface area contributed by atoms with E-state index in [1.807, 2.05) is 0 Å². The lowest BCUT2D eigenvalue weighted by molar-refractivity contribution is -0.161. The molecular formula is C46H75O10P. The highest BCUT2D eigenvalue weighted by molar-refractivity contribution is 7.47. The number of aliphatic hydroxyl groups is 2. The lowest BCUT2D eigenvalue weighted by atomic mass is 10.1. The monoisotopic (exact) mass is 819 g/mol. The molecule has 57 heavy (non-hydrogen) atoms. The lowest BCUT2D eigenvalue weighted by Crippen LogP contribution is -2.29. The van der Waals surface area contributed by atoms with Gasteiger partial charge in [0, 0.05) is 12.8 Å². The summed E-state index contributed by atoms with van der Waals surface area (Å²) < 4.78 is 32.6. The molecule has 11 heteroatoms. The minimum absolute atomic E-state index is 0.151. The number of phosphoric ester groups is 1. The van der Waals surface area contributed by atoms with Crippen LogP contribution < -0.4 is 0 Å². The van der Waals surface area contributed by atoms with E-state index >= 15 is 0 Å². The van der Waals surface area contributed by atoms with Crippen LogP contribution in [0.3, 0.4) is 0 Å².